The van der Waals surface area contributed by atoms with Gasteiger partial charge in [0.15, 0.2) is 0 Å². The molecule has 0 radical (unpaired) electrons. The fourth-order valence-corrected chi connectivity index (χ4v) is 3.98. The Labute approximate surface area is 129 Å². The van der Waals surface area contributed by atoms with E-state index in [9.17, 15) is 0 Å². The van der Waals surface area contributed by atoms with E-state index in [0.717, 1.165) is 5.92 Å². The monoisotopic (exact) mass is 286 g/mol. The zero-order valence-corrected chi connectivity index (χ0v) is 13.6. The van der Waals surface area contributed by atoms with E-state index in [0.29, 0.717) is 17.4 Å². The fourth-order valence-electron chi connectivity index (χ4n) is 3.98. The summed E-state index contributed by atoms with van der Waals surface area (Å²) in [4.78, 5) is 0. The van der Waals surface area contributed by atoms with E-state index >= 15 is 0 Å². The third kappa shape index (κ3) is 3.32. The zero-order valence-electron chi connectivity index (χ0n) is 13.6. The predicted molar refractivity (Wildman–Crippen MR) is 88.8 cm³/mol. The number of nitrogens with two attached hydrogens (primary N) is 1. The Morgan fingerprint density at radius 3 is 2.14 bits per heavy atom. The Kier molecular flexibility index (Phi) is 4.37. The highest BCUT2D eigenvalue weighted by atomic mass is 15.2. The van der Waals surface area contributed by atoms with Gasteiger partial charge in [-0.15, -0.1) is 0 Å². The molecule has 0 aromatic heterocycles. The molecule has 3 N–H and O–H groups in total. The highest BCUT2D eigenvalue weighted by Gasteiger charge is 2.31. The van der Waals surface area contributed by atoms with Crippen LogP contribution in [0.5, 0.6) is 0 Å². The number of nitrogens with one attached hydrogen (secondary N) is 1. The van der Waals surface area contributed by atoms with Crippen LogP contribution in [0.4, 0.5) is 0 Å². The van der Waals surface area contributed by atoms with Crippen molar-refractivity contribution in [2.45, 2.75) is 70.8 Å². The predicted octanol–water partition coefficient (Wildman–Crippen LogP) is 4.67. The summed E-state index contributed by atoms with van der Waals surface area (Å²) in [5.74, 6) is 7.39. The summed E-state index contributed by atoms with van der Waals surface area (Å²) >= 11 is 0. The van der Waals surface area contributed by atoms with E-state index in [1.54, 1.807) is 0 Å². The van der Waals surface area contributed by atoms with Gasteiger partial charge in [-0.05, 0) is 66.9 Å². The van der Waals surface area contributed by atoms with Gasteiger partial charge in [0.25, 0.3) is 0 Å². The summed E-state index contributed by atoms with van der Waals surface area (Å²) in [5.41, 5.74) is 6.49. The fraction of sp³-hybridized carbons (Fsp3) is 0.684. The molecule has 2 aliphatic carbocycles. The first-order valence-corrected chi connectivity index (χ1v) is 8.65. The van der Waals surface area contributed by atoms with Crippen molar-refractivity contribution in [3.05, 3.63) is 35.4 Å². The number of hydrogen-bond acceptors (Lipinski definition) is 2. The molecular weight excluding hydrogens is 256 g/mol. The Morgan fingerprint density at radius 2 is 1.67 bits per heavy atom. The smallest absolute Gasteiger partial charge is 0.0488 e. The summed E-state index contributed by atoms with van der Waals surface area (Å²) in [6, 6.07) is 9.58. The van der Waals surface area contributed by atoms with E-state index in [1.807, 2.05) is 0 Å². The molecule has 0 aliphatic heterocycles. The lowest BCUT2D eigenvalue weighted by Gasteiger charge is -2.38. The summed E-state index contributed by atoms with van der Waals surface area (Å²) in [6.07, 6.45) is 9.34. The van der Waals surface area contributed by atoms with Crippen LogP contribution in [0, 0.1) is 11.3 Å². The minimum atomic E-state index is 0.316. The normalized spacial score (nSPS) is 24.5. The van der Waals surface area contributed by atoms with E-state index in [1.165, 1.54) is 56.1 Å². The first-order chi connectivity index (χ1) is 10.1. The van der Waals surface area contributed by atoms with Gasteiger partial charge in [0.1, 0.15) is 0 Å². The van der Waals surface area contributed by atoms with E-state index in [4.69, 9.17) is 5.84 Å². The van der Waals surface area contributed by atoms with Crippen LogP contribution in [0.25, 0.3) is 0 Å². The van der Waals surface area contributed by atoms with Gasteiger partial charge in [-0.25, -0.2) is 0 Å². The zero-order chi connectivity index (χ0) is 14.9. The second kappa shape index (κ2) is 6.10. The van der Waals surface area contributed by atoms with Crippen molar-refractivity contribution in [2.75, 3.05) is 0 Å². The molecule has 2 fully saturated rings. The van der Waals surface area contributed by atoms with Gasteiger partial charge in [-0.2, -0.15) is 0 Å². The van der Waals surface area contributed by atoms with Crippen molar-refractivity contribution in [1.82, 2.24) is 5.43 Å². The van der Waals surface area contributed by atoms with Crippen LogP contribution in [0.1, 0.15) is 81.9 Å². The van der Waals surface area contributed by atoms with Crippen LogP contribution in [0.15, 0.2) is 24.3 Å². The van der Waals surface area contributed by atoms with Gasteiger partial charge in [-0.1, -0.05) is 44.5 Å². The molecule has 0 heterocycles. The van der Waals surface area contributed by atoms with Gasteiger partial charge < -0.3 is 0 Å². The van der Waals surface area contributed by atoms with Crippen molar-refractivity contribution in [3.63, 3.8) is 0 Å². The van der Waals surface area contributed by atoms with Crippen LogP contribution < -0.4 is 11.3 Å². The van der Waals surface area contributed by atoms with E-state index in [-0.39, 0.29) is 0 Å². The Balaban J connectivity index is 1.68. The third-order valence-electron chi connectivity index (χ3n) is 5.91. The van der Waals surface area contributed by atoms with Crippen molar-refractivity contribution < 1.29 is 0 Å². The molecule has 0 bridgehead atoms. The Hall–Kier alpha value is -0.860. The second-order valence-electron chi connectivity index (χ2n) is 7.94. The maximum atomic E-state index is 5.89. The Bertz CT molecular complexity index is 449. The van der Waals surface area contributed by atoms with E-state index in [2.05, 4.69) is 43.5 Å². The van der Waals surface area contributed by atoms with Crippen molar-refractivity contribution in [3.8, 4) is 0 Å². The third-order valence-corrected chi connectivity index (χ3v) is 5.91. The molecule has 1 atom stereocenters. The largest absolute Gasteiger partial charge is 0.271 e. The van der Waals surface area contributed by atoms with Gasteiger partial charge in [0.05, 0.1) is 0 Å². The molecule has 2 heteroatoms. The molecule has 0 spiro atoms. The second-order valence-corrected chi connectivity index (χ2v) is 7.94. The molecule has 1 unspecified atom stereocenters. The highest BCUT2D eigenvalue weighted by molar-refractivity contribution is 5.29. The number of benzene rings is 1. The van der Waals surface area contributed by atoms with Gasteiger partial charge >= 0.3 is 0 Å². The molecule has 116 valence electrons. The number of hydrazine groups is 1. The van der Waals surface area contributed by atoms with Crippen LogP contribution in [-0.2, 0) is 0 Å². The molecule has 0 amide bonds. The lowest BCUT2D eigenvalue weighted by molar-refractivity contribution is 0.161. The lowest BCUT2D eigenvalue weighted by Crippen LogP contribution is -2.36. The van der Waals surface area contributed by atoms with Crippen LogP contribution in [0.3, 0.4) is 0 Å². The molecule has 2 aliphatic rings. The van der Waals surface area contributed by atoms with Crippen molar-refractivity contribution >= 4 is 0 Å². The molecule has 2 saturated carbocycles. The van der Waals surface area contributed by atoms with Crippen molar-refractivity contribution in [1.29, 1.82) is 0 Å². The van der Waals surface area contributed by atoms with Crippen LogP contribution in [0.2, 0.25) is 0 Å². The summed E-state index contributed by atoms with van der Waals surface area (Å²) in [5, 5.41) is 0. The van der Waals surface area contributed by atoms with Gasteiger partial charge in [-0.3, -0.25) is 11.3 Å². The Morgan fingerprint density at radius 1 is 1.05 bits per heavy atom. The van der Waals surface area contributed by atoms with Gasteiger partial charge in [0, 0.05) is 6.04 Å². The molecule has 1 aromatic rings. The van der Waals surface area contributed by atoms with Gasteiger partial charge in [0.2, 0.25) is 0 Å². The maximum Gasteiger partial charge on any atom is 0.0488 e. The number of hydrogen-bond donors (Lipinski definition) is 2. The van der Waals surface area contributed by atoms with Crippen molar-refractivity contribution in [2.24, 2.45) is 17.2 Å². The standard InChI is InChI=1S/C19H30N2/c1-19(2)12-10-17(11-13-19)18(21-20)16-8-6-15(7-9-16)14-4-3-5-14/h6-9,14,17-18,21H,3-5,10-13,20H2,1-2H3. The van der Waals surface area contributed by atoms with Crippen LogP contribution in [-0.4, -0.2) is 0 Å². The minimum absolute atomic E-state index is 0.316. The summed E-state index contributed by atoms with van der Waals surface area (Å²) in [7, 11) is 0. The summed E-state index contributed by atoms with van der Waals surface area (Å²) in [6.45, 7) is 4.78. The average molecular weight is 286 g/mol. The number of rotatable bonds is 4. The van der Waals surface area contributed by atoms with Crippen LogP contribution >= 0.6 is 0 Å². The molecule has 3 rings (SSSR count). The first-order valence-electron chi connectivity index (χ1n) is 8.65. The minimum Gasteiger partial charge on any atom is -0.271 e. The topological polar surface area (TPSA) is 38.0 Å². The highest BCUT2D eigenvalue weighted by Crippen LogP contribution is 2.43. The lowest BCUT2D eigenvalue weighted by atomic mass is 9.70. The summed E-state index contributed by atoms with van der Waals surface area (Å²) < 4.78 is 0. The molecular formula is C19H30N2. The molecule has 1 aromatic carbocycles. The average Bonchev–Trinajstić information content (AvgIpc) is 2.41. The molecule has 21 heavy (non-hydrogen) atoms. The van der Waals surface area contributed by atoms with E-state index < -0.39 is 0 Å². The quantitative estimate of drug-likeness (QED) is 0.623. The maximum absolute atomic E-state index is 5.89. The SMILES string of the molecule is CC1(C)CCC(C(NN)c2ccc(C3CCC3)cc2)CC1. The first kappa shape index (κ1) is 15.1. The molecule has 2 nitrogen and oxygen atoms in total. The molecule has 0 saturated heterocycles.